The summed E-state index contributed by atoms with van der Waals surface area (Å²) in [5, 5.41) is 3.52. The Labute approximate surface area is 206 Å². The summed E-state index contributed by atoms with van der Waals surface area (Å²) in [7, 11) is 0. The molecule has 1 N–H and O–H groups in total. The Morgan fingerprint density at radius 1 is 1.09 bits per heavy atom. The number of hydrogen-bond acceptors (Lipinski definition) is 4. The summed E-state index contributed by atoms with van der Waals surface area (Å²) in [6, 6.07) is 6.49. The second-order valence-corrected chi connectivity index (χ2v) is 9.88. The van der Waals surface area contributed by atoms with Gasteiger partial charge in [0.05, 0.1) is 11.8 Å². The first-order valence-electron chi connectivity index (χ1n) is 12.0. The van der Waals surface area contributed by atoms with Crippen molar-refractivity contribution in [1.29, 1.82) is 0 Å². The molecule has 0 bridgehead atoms. The van der Waals surface area contributed by atoms with E-state index in [0.717, 1.165) is 5.56 Å². The lowest BCUT2D eigenvalue weighted by Crippen LogP contribution is -2.50. The van der Waals surface area contributed by atoms with Gasteiger partial charge in [-0.15, -0.1) is 0 Å². The Balaban J connectivity index is 1.74. The van der Waals surface area contributed by atoms with Crippen LogP contribution < -0.4 is 5.32 Å². The minimum Gasteiger partial charge on any atom is -0.354 e. The van der Waals surface area contributed by atoms with Gasteiger partial charge in [-0.3, -0.25) is 24.1 Å². The van der Waals surface area contributed by atoms with E-state index in [9.17, 15) is 19.2 Å². The Hall–Kier alpha value is -2.67. The van der Waals surface area contributed by atoms with Crippen molar-refractivity contribution >= 4 is 35.2 Å². The number of fused-ring (bicyclic) bond motifs is 1. The maximum Gasteiger partial charge on any atom is 0.242 e. The summed E-state index contributed by atoms with van der Waals surface area (Å²) in [5.74, 6) is -1.21. The van der Waals surface area contributed by atoms with Gasteiger partial charge in [0.25, 0.3) is 0 Å². The zero-order chi connectivity index (χ0) is 24.8. The average Bonchev–Trinajstić information content (AvgIpc) is 3.07. The molecule has 0 spiro atoms. The molecule has 1 saturated heterocycles. The van der Waals surface area contributed by atoms with Crippen molar-refractivity contribution in [1.82, 2.24) is 15.1 Å². The second-order valence-electron chi connectivity index (χ2n) is 9.45. The fourth-order valence-electron chi connectivity index (χ4n) is 4.57. The third-order valence-corrected chi connectivity index (χ3v) is 6.74. The molecule has 2 aliphatic rings. The topological polar surface area (TPSA) is 86.8 Å². The van der Waals surface area contributed by atoms with Crippen molar-refractivity contribution in [3.05, 3.63) is 47.0 Å². The number of hydrogen-bond donors (Lipinski definition) is 1. The summed E-state index contributed by atoms with van der Waals surface area (Å²) in [6.45, 7) is 6.67. The van der Waals surface area contributed by atoms with Gasteiger partial charge in [0.15, 0.2) is 0 Å². The average molecular weight is 488 g/mol. The predicted molar refractivity (Wildman–Crippen MR) is 131 cm³/mol. The van der Waals surface area contributed by atoms with E-state index in [-0.39, 0.29) is 60.9 Å². The van der Waals surface area contributed by atoms with Crippen LogP contribution in [0, 0.1) is 17.8 Å². The molecule has 1 fully saturated rings. The quantitative estimate of drug-likeness (QED) is 0.404. The zero-order valence-corrected chi connectivity index (χ0v) is 20.9. The van der Waals surface area contributed by atoms with Gasteiger partial charge in [0.1, 0.15) is 6.04 Å². The van der Waals surface area contributed by atoms with E-state index in [4.69, 9.17) is 11.6 Å². The van der Waals surface area contributed by atoms with Crippen LogP contribution in [0.15, 0.2) is 36.4 Å². The molecule has 184 valence electrons. The third-order valence-electron chi connectivity index (χ3n) is 6.48. The Bertz CT molecular complexity index is 918. The number of carbonyl (C=O) groups excluding carboxylic acids is 4. The van der Waals surface area contributed by atoms with Gasteiger partial charge in [0.2, 0.25) is 23.6 Å². The zero-order valence-electron chi connectivity index (χ0n) is 20.1. The summed E-state index contributed by atoms with van der Waals surface area (Å²) >= 11 is 6.01. The van der Waals surface area contributed by atoms with Crippen LogP contribution in [-0.2, 0) is 25.7 Å². The highest BCUT2D eigenvalue weighted by atomic mass is 35.5. The van der Waals surface area contributed by atoms with Crippen LogP contribution in [0.5, 0.6) is 0 Å². The van der Waals surface area contributed by atoms with E-state index in [1.54, 1.807) is 17.0 Å². The number of likely N-dealkylation sites (tertiary alicyclic amines) is 1. The van der Waals surface area contributed by atoms with E-state index in [0.29, 0.717) is 30.8 Å². The van der Waals surface area contributed by atoms with Crippen molar-refractivity contribution in [2.45, 2.75) is 59.0 Å². The lowest BCUT2D eigenvalue weighted by Gasteiger charge is -2.31. The fraction of sp³-hybridized carbons (Fsp3) is 0.538. The van der Waals surface area contributed by atoms with Crippen LogP contribution in [0.3, 0.4) is 0 Å². The molecule has 1 aliphatic heterocycles. The molecule has 4 amide bonds. The first-order chi connectivity index (χ1) is 16.2. The van der Waals surface area contributed by atoms with Crippen molar-refractivity contribution in [2.24, 2.45) is 17.8 Å². The number of rotatable bonds is 10. The minimum atomic E-state index is -0.654. The number of carbonyl (C=O) groups is 4. The van der Waals surface area contributed by atoms with Crippen LogP contribution in [0.2, 0.25) is 5.02 Å². The van der Waals surface area contributed by atoms with Gasteiger partial charge in [-0.2, -0.15) is 0 Å². The van der Waals surface area contributed by atoms with E-state index < -0.39 is 6.04 Å². The van der Waals surface area contributed by atoms with Crippen molar-refractivity contribution in [3.63, 3.8) is 0 Å². The van der Waals surface area contributed by atoms with Gasteiger partial charge in [-0.1, -0.05) is 56.7 Å². The summed E-state index contributed by atoms with van der Waals surface area (Å²) in [5.41, 5.74) is 0.846. The van der Waals surface area contributed by atoms with E-state index >= 15 is 0 Å². The smallest absolute Gasteiger partial charge is 0.242 e. The Morgan fingerprint density at radius 3 is 2.21 bits per heavy atom. The molecule has 3 rings (SSSR count). The molecular formula is C26H34ClN3O4. The Kier molecular flexibility index (Phi) is 8.89. The molecule has 7 nitrogen and oxygen atoms in total. The van der Waals surface area contributed by atoms with E-state index in [2.05, 4.69) is 5.32 Å². The standard InChI is InChI=1S/C26H34ClN3O4/c1-4-22(24(32)28-15-17(2)3)30(16-18-9-11-19(27)12-10-18)23(31)13-14-29-25(33)20-7-5-6-8-21(20)26(29)34/h5-6,9-12,17,20-22H,4,7-8,13-16H2,1-3H3,(H,28,32)/t20-,21+,22?. The first kappa shape index (κ1) is 25.9. The van der Waals surface area contributed by atoms with Gasteiger partial charge >= 0.3 is 0 Å². The number of halogens is 1. The largest absolute Gasteiger partial charge is 0.354 e. The van der Waals surface area contributed by atoms with Crippen molar-refractivity contribution in [2.75, 3.05) is 13.1 Å². The van der Waals surface area contributed by atoms with Gasteiger partial charge in [0, 0.05) is 31.1 Å². The SMILES string of the molecule is CCC(C(=O)NCC(C)C)N(Cc1ccc(Cl)cc1)C(=O)CCN1C(=O)[C@H]2CC=CC[C@H]2C1=O. The van der Waals surface area contributed by atoms with E-state index in [1.807, 2.05) is 45.1 Å². The number of amides is 4. The molecule has 3 atom stereocenters. The normalized spacial score (nSPS) is 20.4. The molecule has 0 radical (unpaired) electrons. The van der Waals surface area contributed by atoms with Crippen LogP contribution in [-0.4, -0.2) is 52.6 Å². The molecule has 34 heavy (non-hydrogen) atoms. The number of benzene rings is 1. The first-order valence-corrected chi connectivity index (χ1v) is 12.4. The predicted octanol–water partition coefficient (Wildman–Crippen LogP) is 3.56. The van der Waals surface area contributed by atoms with Crippen molar-refractivity contribution in [3.8, 4) is 0 Å². The second kappa shape index (κ2) is 11.6. The monoisotopic (exact) mass is 487 g/mol. The van der Waals surface area contributed by atoms with Crippen molar-refractivity contribution < 1.29 is 19.2 Å². The summed E-state index contributed by atoms with van der Waals surface area (Å²) < 4.78 is 0. The number of nitrogens with one attached hydrogen (secondary N) is 1. The molecule has 1 aromatic rings. The van der Waals surface area contributed by atoms with Gasteiger partial charge in [-0.25, -0.2) is 0 Å². The molecule has 0 aromatic heterocycles. The highest BCUT2D eigenvalue weighted by Crippen LogP contribution is 2.35. The third kappa shape index (κ3) is 6.06. The van der Waals surface area contributed by atoms with Crippen LogP contribution >= 0.6 is 11.6 Å². The summed E-state index contributed by atoms with van der Waals surface area (Å²) in [6.07, 6.45) is 5.44. The van der Waals surface area contributed by atoms with E-state index in [1.165, 1.54) is 4.90 Å². The highest BCUT2D eigenvalue weighted by Gasteiger charge is 2.47. The molecule has 1 aliphatic carbocycles. The van der Waals surface area contributed by atoms with Crippen LogP contribution in [0.1, 0.15) is 52.0 Å². The molecule has 1 aromatic carbocycles. The van der Waals surface area contributed by atoms with Crippen LogP contribution in [0.4, 0.5) is 0 Å². The van der Waals surface area contributed by atoms with Gasteiger partial charge in [-0.05, 0) is 42.9 Å². The molecular weight excluding hydrogens is 454 g/mol. The molecule has 8 heteroatoms. The molecule has 1 unspecified atom stereocenters. The highest BCUT2D eigenvalue weighted by molar-refractivity contribution is 6.30. The molecule has 0 saturated carbocycles. The maximum atomic E-state index is 13.4. The van der Waals surface area contributed by atoms with Crippen LogP contribution in [0.25, 0.3) is 0 Å². The lowest BCUT2D eigenvalue weighted by molar-refractivity contribution is -0.144. The minimum absolute atomic E-state index is 0.0219. The number of imide groups is 1. The Morgan fingerprint density at radius 2 is 1.68 bits per heavy atom. The fourth-order valence-corrected chi connectivity index (χ4v) is 4.69. The van der Waals surface area contributed by atoms with Gasteiger partial charge < -0.3 is 10.2 Å². The maximum absolute atomic E-state index is 13.4. The molecule has 1 heterocycles. The summed E-state index contributed by atoms with van der Waals surface area (Å²) in [4.78, 5) is 54.7. The lowest BCUT2D eigenvalue weighted by atomic mass is 9.85. The number of allylic oxidation sites excluding steroid dienone is 2. The number of nitrogens with zero attached hydrogens (tertiary/aromatic N) is 2.